The van der Waals surface area contributed by atoms with Gasteiger partial charge in [-0.25, -0.2) is 4.98 Å². The summed E-state index contributed by atoms with van der Waals surface area (Å²) < 4.78 is 11.5. The van der Waals surface area contributed by atoms with Gasteiger partial charge in [0.05, 0.1) is 5.56 Å². The molecule has 1 aliphatic carbocycles. The maximum Gasteiger partial charge on any atom is 0.293 e. The molecule has 1 amide bonds. The van der Waals surface area contributed by atoms with Crippen LogP contribution >= 0.6 is 11.3 Å². The van der Waals surface area contributed by atoms with Gasteiger partial charge in [0.25, 0.3) is 5.91 Å². The Morgan fingerprint density at radius 2 is 2.07 bits per heavy atom. The third kappa shape index (κ3) is 2.75. The molecule has 3 heterocycles. The van der Waals surface area contributed by atoms with Crippen LogP contribution in [0, 0.1) is 6.92 Å². The number of benzene rings is 1. The monoisotopic (exact) mass is 392 g/mol. The standard InChI is InChI=1S/C21H16N2O4S/c1-11-18-14(24)6-4-8-16(18)27-19(11)20(25)23-21-22-13(10-28-21)17-9-12-5-2-3-7-15(12)26-17/h2-3,5,7,9-10H,4,6,8H2,1H3,(H,22,23,25). The Morgan fingerprint density at radius 1 is 1.21 bits per heavy atom. The summed E-state index contributed by atoms with van der Waals surface area (Å²) >= 11 is 1.31. The van der Waals surface area contributed by atoms with Gasteiger partial charge in [-0.3, -0.25) is 14.9 Å². The third-order valence-electron chi connectivity index (χ3n) is 4.92. The molecule has 1 N–H and O–H groups in total. The predicted molar refractivity (Wildman–Crippen MR) is 106 cm³/mol. The molecule has 140 valence electrons. The summed E-state index contributed by atoms with van der Waals surface area (Å²) in [5.41, 5.74) is 2.62. The Balaban J connectivity index is 1.40. The Bertz CT molecular complexity index is 1200. The Kier molecular flexibility index (Phi) is 3.91. The molecule has 0 bridgehead atoms. The molecule has 4 aromatic rings. The van der Waals surface area contributed by atoms with Gasteiger partial charge in [0.2, 0.25) is 0 Å². The first-order chi connectivity index (χ1) is 13.6. The number of rotatable bonds is 3. The molecule has 0 unspecified atom stereocenters. The van der Waals surface area contributed by atoms with Crippen molar-refractivity contribution in [2.24, 2.45) is 0 Å². The van der Waals surface area contributed by atoms with Crippen LogP contribution in [0.15, 0.2) is 44.5 Å². The van der Waals surface area contributed by atoms with E-state index in [2.05, 4.69) is 10.3 Å². The highest BCUT2D eigenvalue weighted by Gasteiger charge is 2.29. The van der Waals surface area contributed by atoms with Crippen LogP contribution in [0.2, 0.25) is 0 Å². The summed E-state index contributed by atoms with van der Waals surface area (Å²) in [5.74, 6) is 1.09. The number of ketones is 1. The van der Waals surface area contributed by atoms with Crippen LogP contribution in [-0.2, 0) is 6.42 Å². The van der Waals surface area contributed by atoms with E-state index in [0.29, 0.717) is 46.3 Å². The molecule has 6 nitrogen and oxygen atoms in total. The van der Waals surface area contributed by atoms with Crippen LogP contribution in [0.1, 0.15) is 45.1 Å². The van der Waals surface area contributed by atoms with Crippen molar-refractivity contribution in [3.8, 4) is 11.5 Å². The fourth-order valence-corrected chi connectivity index (χ4v) is 4.27. The van der Waals surface area contributed by atoms with E-state index in [4.69, 9.17) is 8.83 Å². The molecule has 7 heteroatoms. The maximum atomic E-state index is 12.7. The number of nitrogens with one attached hydrogen (secondary N) is 1. The minimum atomic E-state index is -0.398. The van der Waals surface area contributed by atoms with Gasteiger partial charge in [-0.15, -0.1) is 11.3 Å². The molecule has 0 atom stereocenters. The number of thiazole rings is 1. The Morgan fingerprint density at radius 3 is 2.89 bits per heavy atom. The number of para-hydroxylation sites is 1. The molecule has 3 aromatic heterocycles. The summed E-state index contributed by atoms with van der Waals surface area (Å²) in [6.07, 6.45) is 1.94. The van der Waals surface area contributed by atoms with Crippen LogP contribution in [0.3, 0.4) is 0 Å². The zero-order valence-electron chi connectivity index (χ0n) is 15.1. The van der Waals surface area contributed by atoms with Crippen molar-refractivity contribution in [1.82, 2.24) is 4.98 Å². The Labute approximate surface area is 164 Å². The largest absolute Gasteiger partial charge is 0.455 e. The quantitative estimate of drug-likeness (QED) is 0.516. The highest BCUT2D eigenvalue weighted by molar-refractivity contribution is 7.14. The second-order valence-corrected chi connectivity index (χ2v) is 7.63. The van der Waals surface area contributed by atoms with Gasteiger partial charge in [0, 0.05) is 29.2 Å². The van der Waals surface area contributed by atoms with Gasteiger partial charge in [-0.2, -0.15) is 0 Å². The van der Waals surface area contributed by atoms with Crippen LogP contribution in [0.25, 0.3) is 22.4 Å². The molecule has 28 heavy (non-hydrogen) atoms. The first kappa shape index (κ1) is 16.9. The van der Waals surface area contributed by atoms with E-state index in [1.54, 1.807) is 6.92 Å². The maximum absolute atomic E-state index is 12.7. The van der Waals surface area contributed by atoms with E-state index in [1.165, 1.54) is 11.3 Å². The molecule has 5 rings (SSSR count). The number of furan rings is 2. The molecule has 0 saturated carbocycles. The van der Waals surface area contributed by atoms with Gasteiger partial charge < -0.3 is 8.83 Å². The number of amides is 1. The fourth-order valence-electron chi connectivity index (χ4n) is 3.57. The molecule has 0 saturated heterocycles. The average molecular weight is 392 g/mol. The van der Waals surface area contributed by atoms with E-state index in [-0.39, 0.29) is 11.5 Å². The number of carbonyl (C=O) groups excluding carboxylic acids is 2. The number of Topliss-reactive ketones (excluding diaryl/α,β-unsaturated/α-hetero) is 1. The summed E-state index contributed by atoms with van der Waals surface area (Å²) in [6, 6.07) is 9.66. The average Bonchev–Trinajstić information content (AvgIpc) is 3.39. The van der Waals surface area contributed by atoms with Gasteiger partial charge in [0.15, 0.2) is 22.4 Å². The van der Waals surface area contributed by atoms with Crippen molar-refractivity contribution in [3.05, 3.63) is 58.4 Å². The lowest BCUT2D eigenvalue weighted by molar-refractivity contribution is 0.0963. The predicted octanol–water partition coefficient (Wildman–Crippen LogP) is 5.23. The molecule has 0 spiro atoms. The second-order valence-electron chi connectivity index (χ2n) is 6.77. The highest BCUT2D eigenvalue weighted by atomic mass is 32.1. The molecular formula is C21H16N2O4S. The lowest BCUT2D eigenvalue weighted by atomic mass is 9.94. The lowest BCUT2D eigenvalue weighted by Gasteiger charge is -2.07. The summed E-state index contributed by atoms with van der Waals surface area (Å²) in [7, 11) is 0. The minimum absolute atomic E-state index is 0.0444. The number of aromatic nitrogens is 1. The summed E-state index contributed by atoms with van der Waals surface area (Å²) in [6.45, 7) is 1.75. The molecule has 1 aliphatic rings. The van der Waals surface area contributed by atoms with Crippen LogP contribution in [-0.4, -0.2) is 16.7 Å². The zero-order valence-corrected chi connectivity index (χ0v) is 15.9. The molecule has 0 aliphatic heterocycles. The van der Waals surface area contributed by atoms with Crippen molar-refractivity contribution in [1.29, 1.82) is 0 Å². The molecule has 1 aromatic carbocycles. The molecular weight excluding hydrogens is 376 g/mol. The van der Waals surface area contributed by atoms with E-state index < -0.39 is 5.91 Å². The van der Waals surface area contributed by atoms with E-state index in [9.17, 15) is 9.59 Å². The zero-order chi connectivity index (χ0) is 19.3. The van der Waals surface area contributed by atoms with Crippen molar-refractivity contribution >= 4 is 39.1 Å². The van der Waals surface area contributed by atoms with Gasteiger partial charge in [-0.1, -0.05) is 18.2 Å². The van der Waals surface area contributed by atoms with Crippen LogP contribution < -0.4 is 5.32 Å². The minimum Gasteiger partial charge on any atom is -0.455 e. The lowest BCUT2D eigenvalue weighted by Crippen LogP contribution is -2.13. The van der Waals surface area contributed by atoms with Gasteiger partial charge in [0.1, 0.15) is 17.0 Å². The number of anilines is 1. The third-order valence-corrected chi connectivity index (χ3v) is 5.67. The highest BCUT2D eigenvalue weighted by Crippen LogP contribution is 2.32. The topological polar surface area (TPSA) is 85.3 Å². The number of carbonyl (C=O) groups is 2. The summed E-state index contributed by atoms with van der Waals surface area (Å²) in [5, 5.41) is 6.04. The number of aryl methyl sites for hydroxylation is 1. The number of nitrogens with zero attached hydrogens (tertiary/aromatic N) is 1. The number of hydrogen-bond donors (Lipinski definition) is 1. The van der Waals surface area contributed by atoms with Crippen LogP contribution in [0.5, 0.6) is 0 Å². The van der Waals surface area contributed by atoms with Gasteiger partial charge >= 0.3 is 0 Å². The van der Waals surface area contributed by atoms with Crippen LogP contribution in [0.4, 0.5) is 5.13 Å². The molecule has 0 fully saturated rings. The van der Waals surface area contributed by atoms with E-state index in [1.807, 2.05) is 35.7 Å². The Hall–Kier alpha value is -3.19. The smallest absolute Gasteiger partial charge is 0.293 e. The van der Waals surface area contributed by atoms with Crippen molar-refractivity contribution in [2.45, 2.75) is 26.2 Å². The van der Waals surface area contributed by atoms with Crippen molar-refractivity contribution in [2.75, 3.05) is 5.32 Å². The van der Waals surface area contributed by atoms with Gasteiger partial charge in [-0.05, 0) is 25.5 Å². The molecule has 0 radical (unpaired) electrons. The SMILES string of the molecule is Cc1c(C(=O)Nc2nc(-c3cc4ccccc4o3)cs2)oc2c1C(=O)CCC2. The second kappa shape index (κ2) is 6.45. The normalized spacial score (nSPS) is 13.7. The first-order valence-corrected chi connectivity index (χ1v) is 9.89. The number of hydrogen-bond acceptors (Lipinski definition) is 6. The fraction of sp³-hybridized carbons (Fsp3) is 0.190. The van der Waals surface area contributed by atoms with Crippen molar-refractivity contribution in [3.63, 3.8) is 0 Å². The number of fused-ring (bicyclic) bond motifs is 2. The van der Waals surface area contributed by atoms with E-state index >= 15 is 0 Å². The first-order valence-electron chi connectivity index (χ1n) is 9.01. The summed E-state index contributed by atoms with van der Waals surface area (Å²) in [4.78, 5) is 29.2. The van der Waals surface area contributed by atoms with Crippen molar-refractivity contribution < 1.29 is 18.4 Å². The van der Waals surface area contributed by atoms with E-state index in [0.717, 1.165) is 17.4 Å².